The molecule has 0 amide bonds. The van der Waals surface area contributed by atoms with Crippen LogP contribution in [0.15, 0.2) is 18.2 Å². The lowest BCUT2D eigenvalue weighted by atomic mass is 9.98. The van der Waals surface area contributed by atoms with Gasteiger partial charge >= 0.3 is 0 Å². The minimum Gasteiger partial charge on any atom is -0.486 e. The molecule has 122 valence electrons. The Morgan fingerprint density at radius 3 is 2.68 bits per heavy atom. The molecule has 0 spiro atoms. The molecule has 22 heavy (non-hydrogen) atoms. The van der Waals surface area contributed by atoms with Crippen molar-refractivity contribution in [3.8, 4) is 11.5 Å². The van der Waals surface area contributed by atoms with Gasteiger partial charge in [-0.3, -0.25) is 4.90 Å². The zero-order valence-corrected chi connectivity index (χ0v) is 14.0. The summed E-state index contributed by atoms with van der Waals surface area (Å²) in [5.74, 6) is 1.77. The molecule has 0 aromatic heterocycles. The molecular formula is C18H28N2O2. The summed E-state index contributed by atoms with van der Waals surface area (Å²) >= 11 is 0. The van der Waals surface area contributed by atoms with Crippen molar-refractivity contribution in [2.75, 3.05) is 26.3 Å². The number of ether oxygens (including phenoxy) is 2. The predicted octanol–water partition coefficient (Wildman–Crippen LogP) is 2.98. The molecule has 1 N–H and O–H groups in total. The Hall–Kier alpha value is -1.26. The first-order valence-electron chi connectivity index (χ1n) is 8.61. The van der Waals surface area contributed by atoms with E-state index in [1.165, 1.54) is 18.4 Å². The molecule has 0 radical (unpaired) electrons. The average molecular weight is 304 g/mol. The number of fused-ring (bicyclic) bond motifs is 1. The Labute approximate surface area is 133 Å². The van der Waals surface area contributed by atoms with Crippen LogP contribution in [0.3, 0.4) is 0 Å². The van der Waals surface area contributed by atoms with Gasteiger partial charge in [0.25, 0.3) is 0 Å². The summed E-state index contributed by atoms with van der Waals surface area (Å²) in [5.41, 5.74) is 1.32. The van der Waals surface area contributed by atoms with Crippen molar-refractivity contribution >= 4 is 0 Å². The van der Waals surface area contributed by atoms with E-state index in [9.17, 15) is 0 Å². The fourth-order valence-electron chi connectivity index (χ4n) is 3.53. The Morgan fingerprint density at radius 2 is 1.95 bits per heavy atom. The third-order valence-electron chi connectivity index (χ3n) is 5.05. The van der Waals surface area contributed by atoms with E-state index in [0.29, 0.717) is 31.3 Å². The van der Waals surface area contributed by atoms with Gasteiger partial charge in [-0.15, -0.1) is 0 Å². The van der Waals surface area contributed by atoms with Crippen LogP contribution < -0.4 is 14.8 Å². The summed E-state index contributed by atoms with van der Waals surface area (Å²) in [6, 6.07) is 8.01. The Kier molecular flexibility index (Phi) is 4.89. The minimum atomic E-state index is 0.400. The van der Waals surface area contributed by atoms with E-state index in [1.807, 2.05) is 0 Å². The van der Waals surface area contributed by atoms with Crippen LogP contribution >= 0.6 is 0 Å². The quantitative estimate of drug-likeness (QED) is 0.927. The number of nitrogens with one attached hydrogen (secondary N) is 1. The van der Waals surface area contributed by atoms with E-state index >= 15 is 0 Å². The van der Waals surface area contributed by atoms with Crippen LogP contribution in [0.4, 0.5) is 0 Å². The Bertz CT molecular complexity index is 506. The summed E-state index contributed by atoms with van der Waals surface area (Å²) in [6.07, 6.45) is 2.36. The maximum Gasteiger partial charge on any atom is 0.161 e. The van der Waals surface area contributed by atoms with Crippen molar-refractivity contribution in [1.82, 2.24) is 10.2 Å². The lowest BCUT2D eigenvalue weighted by Crippen LogP contribution is -2.56. The van der Waals surface area contributed by atoms with Gasteiger partial charge in [0.1, 0.15) is 13.2 Å². The zero-order chi connectivity index (χ0) is 15.5. The van der Waals surface area contributed by atoms with Gasteiger partial charge in [0.15, 0.2) is 11.5 Å². The summed E-state index contributed by atoms with van der Waals surface area (Å²) in [6.45, 7) is 10.4. The molecule has 3 atom stereocenters. The Morgan fingerprint density at radius 1 is 1.18 bits per heavy atom. The lowest BCUT2D eigenvalue weighted by molar-refractivity contribution is 0.0846. The second-order valence-electron chi connectivity index (χ2n) is 6.35. The van der Waals surface area contributed by atoms with Gasteiger partial charge in [-0.05, 0) is 37.5 Å². The van der Waals surface area contributed by atoms with Crippen molar-refractivity contribution in [1.29, 1.82) is 0 Å². The highest BCUT2D eigenvalue weighted by Crippen LogP contribution is 2.35. The van der Waals surface area contributed by atoms with Gasteiger partial charge in [0, 0.05) is 31.2 Å². The van der Waals surface area contributed by atoms with Crippen molar-refractivity contribution < 1.29 is 9.47 Å². The molecule has 1 aromatic rings. The number of nitrogens with zero attached hydrogens (tertiary/aromatic N) is 1. The molecular weight excluding hydrogens is 276 g/mol. The summed E-state index contributed by atoms with van der Waals surface area (Å²) in [5, 5.41) is 3.67. The van der Waals surface area contributed by atoms with Crippen LogP contribution in [-0.4, -0.2) is 43.3 Å². The highest BCUT2D eigenvalue weighted by molar-refractivity contribution is 5.44. The summed E-state index contributed by atoms with van der Waals surface area (Å²) < 4.78 is 11.4. The van der Waals surface area contributed by atoms with Gasteiger partial charge in [0.05, 0.1) is 0 Å². The second kappa shape index (κ2) is 6.88. The molecule has 2 aliphatic heterocycles. The van der Waals surface area contributed by atoms with Crippen molar-refractivity contribution in [3.05, 3.63) is 23.8 Å². The fraction of sp³-hybridized carbons (Fsp3) is 0.667. The number of hydrogen-bond acceptors (Lipinski definition) is 4. The topological polar surface area (TPSA) is 33.7 Å². The van der Waals surface area contributed by atoms with Crippen LogP contribution in [0, 0.1) is 0 Å². The normalized spacial score (nSPS) is 26.7. The molecule has 2 heterocycles. The van der Waals surface area contributed by atoms with Crippen molar-refractivity contribution in [2.24, 2.45) is 0 Å². The van der Waals surface area contributed by atoms with Crippen LogP contribution in [0.2, 0.25) is 0 Å². The highest BCUT2D eigenvalue weighted by atomic mass is 16.6. The van der Waals surface area contributed by atoms with E-state index in [-0.39, 0.29) is 0 Å². The lowest BCUT2D eigenvalue weighted by Gasteiger charge is -2.43. The molecule has 0 saturated carbocycles. The van der Waals surface area contributed by atoms with E-state index in [4.69, 9.17) is 9.47 Å². The average Bonchev–Trinajstić information content (AvgIpc) is 2.60. The van der Waals surface area contributed by atoms with Gasteiger partial charge in [-0.2, -0.15) is 0 Å². The molecule has 2 aliphatic rings. The molecule has 4 heteroatoms. The number of rotatable bonds is 4. The number of benzene rings is 1. The third-order valence-corrected chi connectivity index (χ3v) is 5.05. The predicted molar refractivity (Wildman–Crippen MR) is 88.7 cm³/mol. The first-order valence-corrected chi connectivity index (χ1v) is 8.61. The minimum absolute atomic E-state index is 0.400. The summed E-state index contributed by atoms with van der Waals surface area (Å²) in [7, 11) is 0. The van der Waals surface area contributed by atoms with Gasteiger partial charge in [-0.1, -0.05) is 19.9 Å². The number of piperazine rings is 1. The van der Waals surface area contributed by atoms with Gasteiger partial charge in [-0.25, -0.2) is 0 Å². The standard InChI is InChI=1S/C18H28N2O2/c1-4-15-12-20(16(5-2)11-19-15)13(3)14-6-7-17-18(10-14)22-9-8-21-17/h6-7,10,13,15-16,19H,4-5,8-9,11-12H2,1-3H3/t13?,15-,16+/m0/s1. The molecule has 4 nitrogen and oxygen atoms in total. The smallest absolute Gasteiger partial charge is 0.161 e. The molecule has 0 aliphatic carbocycles. The number of hydrogen-bond donors (Lipinski definition) is 1. The van der Waals surface area contributed by atoms with Crippen LogP contribution in [0.25, 0.3) is 0 Å². The highest BCUT2D eigenvalue weighted by Gasteiger charge is 2.30. The first-order chi connectivity index (χ1) is 10.7. The van der Waals surface area contributed by atoms with Crippen LogP contribution in [0.1, 0.15) is 45.2 Å². The molecule has 3 rings (SSSR count). The maximum absolute atomic E-state index is 5.74. The zero-order valence-electron chi connectivity index (χ0n) is 14.0. The van der Waals surface area contributed by atoms with Gasteiger partial charge < -0.3 is 14.8 Å². The van der Waals surface area contributed by atoms with Gasteiger partial charge in [0.2, 0.25) is 0 Å². The molecule has 1 saturated heterocycles. The first kappa shape index (κ1) is 15.6. The SMILES string of the molecule is CC[C@H]1CN(C(C)c2ccc3c(c2)OCCO3)[C@H](CC)CN1. The summed E-state index contributed by atoms with van der Waals surface area (Å²) in [4.78, 5) is 2.65. The second-order valence-corrected chi connectivity index (χ2v) is 6.35. The van der Waals surface area contributed by atoms with Crippen molar-refractivity contribution in [3.63, 3.8) is 0 Å². The molecule has 0 bridgehead atoms. The molecule has 1 fully saturated rings. The van der Waals surface area contributed by atoms with Crippen molar-refractivity contribution in [2.45, 2.75) is 51.7 Å². The maximum atomic E-state index is 5.74. The largest absolute Gasteiger partial charge is 0.486 e. The van der Waals surface area contributed by atoms with Crippen LogP contribution in [-0.2, 0) is 0 Å². The van der Waals surface area contributed by atoms with E-state index in [2.05, 4.69) is 49.2 Å². The van der Waals surface area contributed by atoms with E-state index < -0.39 is 0 Å². The molecule has 1 aromatic carbocycles. The Balaban J connectivity index is 1.80. The third kappa shape index (κ3) is 3.08. The fourth-order valence-corrected chi connectivity index (χ4v) is 3.53. The monoisotopic (exact) mass is 304 g/mol. The van der Waals surface area contributed by atoms with E-state index in [1.54, 1.807) is 0 Å². The van der Waals surface area contributed by atoms with Crippen LogP contribution in [0.5, 0.6) is 11.5 Å². The van der Waals surface area contributed by atoms with E-state index in [0.717, 1.165) is 24.6 Å². The molecule has 1 unspecified atom stereocenters.